The number of carbonyl (C=O) groups is 1. The summed E-state index contributed by atoms with van der Waals surface area (Å²) in [6, 6.07) is 14.3. The molecule has 0 aliphatic rings. The largest absolute Gasteiger partial charge is 0.339 e. The second kappa shape index (κ2) is 8.67. The van der Waals surface area contributed by atoms with Gasteiger partial charge in [0.1, 0.15) is 0 Å². The fourth-order valence-electron chi connectivity index (χ4n) is 2.94. The number of sulfonamides is 1. The van der Waals surface area contributed by atoms with E-state index in [0.29, 0.717) is 12.3 Å². The highest BCUT2D eigenvalue weighted by Crippen LogP contribution is 2.21. The van der Waals surface area contributed by atoms with E-state index in [1.165, 1.54) is 17.7 Å². The number of nitrogens with two attached hydrogens (primary N) is 1. The molecule has 6 heteroatoms. The van der Waals surface area contributed by atoms with Crippen LogP contribution in [0.25, 0.3) is 0 Å². The summed E-state index contributed by atoms with van der Waals surface area (Å²) >= 11 is 0. The van der Waals surface area contributed by atoms with E-state index < -0.39 is 10.0 Å². The third-order valence-electron chi connectivity index (χ3n) is 4.69. The number of amides is 1. The summed E-state index contributed by atoms with van der Waals surface area (Å²) in [5.74, 6) is 0.611. The summed E-state index contributed by atoms with van der Waals surface area (Å²) in [6.07, 6.45) is 1.36. The van der Waals surface area contributed by atoms with Gasteiger partial charge in [-0.25, -0.2) is 13.6 Å². The first-order valence-electron chi connectivity index (χ1n) is 9.04. The van der Waals surface area contributed by atoms with Crippen LogP contribution in [0, 0.1) is 5.92 Å². The van der Waals surface area contributed by atoms with Crippen LogP contribution in [0.4, 0.5) is 0 Å². The monoisotopic (exact) mass is 388 g/mol. The molecule has 0 bridgehead atoms. The number of rotatable bonds is 7. The predicted octanol–water partition coefficient (Wildman–Crippen LogP) is 3.29. The van der Waals surface area contributed by atoms with Gasteiger partial charge in [-0.15, -0.1) is 0 Å². The van der Waals surface area contributed by atoms with Gasteiger partial charge in [-0.3, -0.25) is 4.79 Å². The molecule has 27 heavy (non-hydrogen) atoms. The van der Waals surface area contributed by atoms with Crippen LogP contribution < -0.4 is 5.14 Å². The maximum atomic E-state index is 12.6. The Kier molecular flexibility index (Phi) is 6.78. The molecule has 2 aromatic carbocycles. The molecular weight excluding hydrogens is 360 g/mol. The summed E-state index contributed by atoms with van der Waals surface area (Å²) < 4.78 is 22.7. The first-order valence-corrected chi connectivity index (χ1v) is 10.6. The number of hydrogen-bond acceptors (Lipinski definition) is 3. The summed E-state index contributed by atoms with van der Waals surface area (Å²) in [6.45, 7) is 6.28. The van der Waals surface area contributed by atoms with Crippen LogP contribution in [0.2, 0.25) is 0 Å². The molecule has 1 amide bonds. The number of carbonyl (C=O) groups excluding carboxylic acids is 1. The average Bonchev–Trinajstić information content (AvgIpc) is 2.61. The lowest BCUT2D eigenvalue weighted by Gasteiger charge is -2.25. The lowest BCUT2D eigenvalue weighted by molar-refractivity contribution is -0.131. The Hall–Kier alpha value is -2.18. The highest BCUT2D eigenvalue weighted by Gasteiger charge is 2.18. The molecule has 0 heterocycles. The molecule has 1 atom stereocenters. The Morgan fingerprint density at radius 3 is 1.96 bits per heavy atom. The maximum Gasteiger partial charge on any atom is 0.238 e. The summed E-state index contributed by atoms with van der Waals surface area (Å²) in [4.78, 5) is 14.4. The topological polar surface area (TPSA) is 80.5 Å². The Balaban J connectivity index is 2.03. The molecule has 2 rings (SSSR count). The van der Waals surface area contributed by atoms with Crippen LogP contribution in [0.5, 0.6) is 0 Å². The quantitative estimate of drug-likeness (QED) is 0.790. The van der Waals surface area contributed by atoms with Crippen molar-refractivity contribution in [1.82, 2.24) is 4.90 Å². The predicted molar refractivity (Wildman–Crippen MR) is 108 cm³/mol. The number of likely N-dealkylation sites (N-methyl/N-ethyl adjacent to an activating group) is 1. The van der Waals surface area contributed by atoms with Gasteiger partial charge in [-0.05, 0) is 48.1 Å². The number of hydrogen-bond donors (Lipinski definition) is 1. The molecule has 0 spiro atoms. The maximum absolute atomic E-state index is 12.6. The third-order valence-corrected chi connectivity index (χ3v) is 5.62. The molecule has 1 unspecified atom stereocenters. The minimum absolute atomic E-state index is 0.00892. The van der Waals surface area contributed by atoms with Crippen molar-refractivity contribution in [1.29, 1.82) is 0 Å². The van der Waals surface area contributed by atoms with Crippen LogP contribution in [-0.4, -0.2) is 26.3 Å². The first-order chi connectivity index (χ1) is 12.6. The van der Waals surface area contributed by atoms with Crippen LogP contribution in [0.1, 0.15) is 43.5 Å². The smallest absolute Gasteiger partial charge is 0.238 e. The zero-order chi connectivity index (χ0) is 20.2. The number of nitrogens with zero attached hydrogens (tertiary/aromatic N) is 1. The molecule has 2 N–H and O–H groups in total. The van der Waals surface area contributed by atoms with Gasteiger partial charge < -0.3 is 4.90 Å². The molecule has 0 aromatic heterocycles. The van der Waals surface area contributed by atoms with Gasteiger partial charge in [0.25, 0.3) is 0 Å². The van der Waals surface area contributed by atoms with Crippen molar-refractivity contribution in [3.05, 3.63) is 65.2 Å². The van der Waals surface area contributed by atoms with Crippen molar-refractivity contribution in [2.45, 2.75) is 44.6 Å². The second-order valence-corrected chi connectivity index (χ2v) is 8.95. The van der Waals surface area contributed by atoms with Crippen LogP contribution in [-0.2, 0) is 27.7 Å². The van der Waals surface area contributed by atoms with Gasteiger partial charge in [0, 0.05) is 7.05 Å². The molecule has 0 aliphatic heterocycles. The van der Waals surface area contributed by atoms with Crippen LogP contribution in [0.3, 0.4) is 0 Å². The highest BCUT2D eigenvalue weighted by atomic mass is 32.2. The van der Waals surface area contributed by atoms with Gasteiger partial charge in [-0.2, -0.15) is 0 Å². The highest BCUT2D eigenvalue weighted by molar-refractivity contribution is 7.89. The number of benzene rings is 2. The zero-order valence-electron chi connectivity index (χ0n) is 16.3. The number of primary sulfonamides is 1. The Labute approximate surface area is 162 Å². The van der Waals surface area contributed by atoms with Gasteiger partial charge in [0.15, 0.2) is 0 Å². The van der Waals surface area contributed by atoms with Crippen molar-refractivity contribution in [3.63, 3.8) is 0 Å². The zero-order valence-corrected chi connectivity index (χ0v) is 17.2. The SMILES string of the molecule is CC(C)Cc1ccc(CC(=O)N(C)C(C)c2ccc(S(N)(=O)=O)cc2)cc1. The molecule has 0 fully saturated rings. The van der Waals surface area contributed by atoms with E-state index in [1.54, 1.807) is 24.1 Å². The van der Waals surface area contributed by atoms with E-state index in [2.05, 4.69) is 26.0 Å². The van der Waals surface area contributed by atoms with Crippen molar-refractivity contribution >= 4 is 15.9 Å². The Morgan fingerprint density at radius 2 is 1.48 bits per heavy atom. The van der Waals surface area contributed by atoms with Gasteiger partial charge in [0.05, 0.1) is 17.4 Å². The van der Waals surface area contributed by atoms with Crippen molar-refractivity contribution in [3.8, 4) is 0 Å². The van der Waals surface area contributed by atoms with E-state index in [0.717, 1.165) is 17.5 Å². The molecular formula is C21H28N2O3S. The normalized spacial score (nSPS) is 12.8. The van der Waals surface area contributed by atoms with Gasteiger partial charge in [-0.1, -0.05) is 50.2 Å². The molecule has 146 valence electrons. The molecule has 5 nitrogen and oxygen atoms in total. The first kappa shape index (κ1) is 21.1. The Bertz CT molecular complexity index is 873. The van der Waals surface area contributed by atoms with E-state index in [9.17, 15) is 13.2 Å². The van der Waals surface area contributed by atoms with E-state index in [-0.39, 0.29) is 16.8 Å². The molecule has 0 radical (unpaired) electrons. The van der Waals surface area contributed by atoms with Crippen molar-refractivity contribution in [2.75, 3.05) is 7.05 Å². The lowest BCUT2D eigenvalue weighted by atomic mass is 10.0. The van der Waals surface area contributed by atoms with E-state index in [1.807, 2.05) is 19.1 Å². The fraction of sp³-hybridized carbons (Fsp3) is 0.381. The summed E-state index contributed by atoms with van der Waals surface area (Å²) in [5.41, 5.74) is 3.11. The fourth-order valence-corrected chi connectivity index (χ4v) is 3.45. The lowest BCUT2D eigenvalue weighted by Crippen LogP contribution is -2.31. The summed E-state index contributed by atoms with van der Waals surface area (Å²) in [5, 5.41) is 5.12. The molecule has 0 saturated heterocycles. The molecule has 2 aromatic rings. The average molecular weight is 389 g/mol. The van der Waals surface area contributed by atoms with E-state index in [4.69, 9.17) is 5.14 Å². The second-order valence-electron chi connectivity index (χ2n) is 7.39. The standard InChI is InChI=1S/C21H28N2O3S/c1-15(2)13-17-5-7-18(8-6-17)14-21(24)23(4)16(3)19-9-11-20(12-10-19)27(22,25)26/h5-12,15-16H,13-14H2,1-4H3,(H2,22,25,26). The third kappa shape index (κ3) is 5.91. The summed E-state index contributed by atoms with van der Waals surface area (Å²) in [7, 11) is -1.96. The Morgan fingerprint density at radius 1 is 0.963 bits per heavy atom. The minimum Gasteiger partial charge on any atom is -0.339 e. The van der Waals surface area contributed by atoms with Crippen LogP contribution >= 0.6 is 0 Å². The van der Waals surface area contributed by atoms with Crippen LogP contribution in [0.15, 0.2) is 53.4 Å². The molecule has 0 saturated carbocycles. The van der Waals surface area contributed by atoms with Crippen molar-refractivity contribution < 1.29 is 13.2 Å². The van der Waals surface area contributed by atoms with Crippen molar-refractivity contribution in [2.24, 2.45) is 11.1 Å². The van der Waals surface area contributed by atoms with Gasteiger partial charge >= 0.3 is 0 Å². The van der Waals surface area contributed by atoms with Gasteiger partial charge in [0.2, 0.25) is 15.9 Å². The minimum atomic E-state index is -3.71. The van der Waals surface area contributed by atoms with E-state index >= 15 is 0 Å². The molecule has 0 aliphatic carbocycles.